The molecule has 6 heteroatoms. The fourth-order valence-electron chi connectivity index (χ4n) is 2.56. The average molecular weight is 307 g/mol. The second-order valence-corrected chi connectivity index (χ2v) is 7.34. The quantitative estimate of drug-likeness (QED) is 0.896. The van der Waals surface area contributed by atoms with Gasteiger partial charge >= 0.3 is 0 Å². The summed E-state index contributed by atoms with van der Waals surface area (Å²) in [5, 5.41) is 8.83. The number of sulfonamides is 1. The van der Waals surface area contributed by atoms with Crippen molar-refractivity contribution in [3.63, 3.8) is 0 Å². The summed E-state index contributed by atoms with van der Waals surface area (Å²) >= 11 is 0. The van der Waals surface area contributed by atoms with Crippen LogP contribution in [0, 0.1) is 17.2 Å². The number of nitrogens with zero attached hydrogens (tertiary/aromatic N) is 2. The number of nitrogens with one attached hydrogen (secondary N) is 1. The van der Waals surface area contributed by atoms with E-state index in [4.69, 9.17) is 5.26 Å². The van der Waals surface area contributed by atoms with Gasteiger partial charge in [-0.05, 0) is 63.5 Å². The Morgan fingerprint density at radius 3 is 2.76 bits per heavy atom. The van der Waals surface area contributed by atoms with Gasteiger partial charge < -0.3 is 4.90 Å². The molecule has 1 aliphatic rings. The summed E-state index contributed by atoms with van der Waals surface area (Å²) in [7, 11) is -1.40. The Morgan fingerprint density at radius 2 is 2.10 bits per heavy atom. The van der Waals surface area contributed by atoms with Gasteiger partial charge in [-0.3, -0.25) is 0 Å². The molecule has 0 atom stereocenters. The second kappa shape index (κ2) is 7.03. The zero-order valence-corrected chi connectivity index (χ0v) is 13.1. The van der Waals surface area contributed by atoms with Crippen molar-refractivity contribution < 1.29 is 8.42 Å². The summed E-state index contributed by atoms with van der Waals surface area (Å²) in [4.78, 5) is 2.46. The molecule has 0 spiro atoms. The van der Waals surface area contributed by atoms with E-state index in [0.29, 0.717) is 18.0 Å². The number of hydrogen-bond donors (Lipinski definition) is 1. The fraction of sp³-hybridized carbons (Fsp3) is 0.533. The molecule has 1 aliphatic heterocycles. The van der Waals surface area contributed by atoms with Crippen molar-refractivity contribution in [3.8, 4) is 6.07 Å². The van der Waals surface area contributed by atoms with Crippen molar-refractivity contribution in [1.82, 2.24) is 9.62 Å². The van der Waals surface area contributed by atoms with Crippen LogP contribution in [0.15, 0.2) is 29.2 Å². The maximum Gasteiger partial charge on any atom is 0.240 e. The summed E-state index contributed by atoms with van der Waals surface area (Å²) in [6.45, 7) is 2.62. The van der Waals surface area contributed by atoms with Crippen LogP contribution in [0.1, 0.15) is 24.8 Å². The smallest absolute Gasteiger partial charge is 0.240 e. The molecule has 1 heterocycles. The molecule has 0 radical (unpaired) electrons. The molecule has 1 N–H and O–H groups in total. The minimum absolute atomic E-state index is 0.157. The third-order valence-electron chi connectivity index (χ3n) is 3.96. The number of piperidine rings is 1. The summed E-state index contributed by atoms with van der Waals surface area (Å²) in [5.41, 5.74) is 0.355. The van der Waals surface area contributed by atoms with E-state index in [1.165, 1.54) is 12.1 Å². The van der Waals surface area contributed by atoms with Crippen molar-refractivity contribution in [2.24, 2.45) is 5.92 Å². The SMILES string of the molecule is CN1CCC(CCNS(=O)(=O)c2cccc(C#N)c2)CC1. The predicted molar refractivity (Wildman–Crippen MR) is 81.2 cm³/mol. The van der Waals surface area contributed by atoms with E-state index >= 15 is 0 Å². The Hall–Kier alpha value is -1.42. The van der Waals surface area contributed by atoms with Gasteiger partial charge in [0.25, 0.3) is 0 Å². The van der Waals surface area contributed by atoms with E-state index in [1.54, 1.807) is 12.1 Å². The highest BCUT2D eigenvalue weighted by atomic mass is 32.2. The van der Waals surface area contributed by atoms with E-state index in [1.807, 2.05) is 6.07 Å². The Balaban J connectivity index is 1.88. The van der Waals surface area contributed by atoms with Crippen LogP contribution in [0.3, 0.4) is 0 Å². The zero-order chi connectivity index (χ0) is 15.3. The molecule has 114 valence electrons. The van der Waals surface area contributed by atoms with Gasteiger partial charge in [0.15, 0.2) is 0 Å². The lowest BCUT2D eigenvalue weighted by Gasteiger charge is -2.28. The molecular formula is C15H21N3O2S. The second-order valence-electron chi connectivity index (χ2n) is 5.57. The summed E-state index contributed by atoms with van der Waals surface area (Å²) in [5.74, 6) is 0.592. The number of likely N-dealkylation sites (tertiary alicyclic amines) is 1. The number of nitriles is 1. The lowest BCUT2D eigenvalue weighted by Crippen LogP contribution is -2.32. The van der Waals surface area contributed by atoms with Crippen molar-refractivity contribution in [1.29, 1.82) is 5.26 Å². The van der Waals surface area contributed by atoms with Gasteiger partial charge in [-0.15, -0.1) is 0 Å². The minimum Gasteiger partial charge on any atom is -0.306 e. The topological polar surface area (TPSA) is 73.2 Å². The van der Waals surface area contributed by atoms with Crippen molar-refractivity contribution in [3.05, 3.63) is 29.8 Å². The first kappa shape index (κ1) is 16.0. The molecule has 0 aliphatic carbocycles. The standard InChI is InChI=1S/C15H21N3O2S/c1-18-9-6-13(7-10-18)5-8-17-21(19,20)15-4-2-3-14(11-15)12-16/h2-4,11,13,17H,5-10H2,1H3. The van der Waals surface area contributed by atoms with E-state index in [0.717, 1.165) is 32.4 Å². The minimum atomic E-state index is -3.52. The van der Waals surface area contributed by atoms with E-state index in [2.05, 4.69) is 16.7 Å². The maximum atomic E-state index is 12.2. The van der Waals surface area contributed by atoms with Gasteiger partial charge in [-0.1, -0.05) is 6.07 Å². The predicted octanol–water partition coefficient (Wildman–Crippen LogP) is 1.57. The number of rotatable bonds is 5. The highest BCUT2D eigenvalue weighted by molar-refractivity contribution is 7.89. The van der Waals surface area contributed by atoms with Gasteiger partial charge in [0.1, 0.15) is 0 Å². The molecule has 5 nitrogen and oxygen atoms in total. The fourth-order valence-corrected chi connectivity index (χ4v) is 3.66. The highest BCUT2D eigenvalue weighted by Crippen LogP contribution is 2.19. The highest BCUT2D eigenvalue weighted by Gasteiger charge is 2.18. The Morgan fingerprint density at radius 1 is 1.38 bits per heavy atom. The van der Waals surface area contributed by atoms with Crippen molar-refractivity contribution >= 4 is 10.0 Å². The lowest BCUT2D eigenvalue weighted by atomic mass is 9.94. The molecule has 1 saturated heterocycles. The molecule has 1 fully saturated rings. The van der Waals surface area contributed by atoms with Crippen LogP contribution in [0.25, 0.3) is 0 Å². The monoisotopic (exact) mass is 307 g/mol. The molecule has 1 aromatic rings. The first-order chi connectivity index (χ1) is 10.0. The molecule has 0 aromatic heterocycles. The van der Waals surface area contributed by atoms with Crippen LogP contribution >= 0.6 is 0 Å². The molecule has 21 heavy (non-hydrogen) atoms. The Bertz CT molecular complexity index is 614. The number of benzene rings is 1. The number of hydrogen-bond acceptors (Lipinski definition) is 4. The average Bonchev–Trinajstić information content (AvgIpc) is 2.49. The Kier molecular flexibility index (Phi) is 5.34. The van der Waals surface area contributed by atoms with E-state index < -0.39 is 10.0 Å². The third kappa shape index (κ3) is 4.53. The molecule has 0 bridgehead atoms. The maximum absolute atomic E-state index is 12.2. The van der Waals surface area contributed by atoms with Crippen molar-refractivity contribution in [2.75, 3.05) is 26.7 Å². The van der Waals surface area contributed by atoms with Gasteiger partial charge in [0, 0.05) is 6.54 Å². The molecule has 1 aromatic carbocycles. The van der Waals surface area contributed by atoms with Crippen LogP contribution in [-0.4, -0.2) is 40.0 Å². The van der Waals surface area contributed by atoms with Crippen LogP contribution in [0.2, 0.25) is 0 Å². The van der Waals surface area contributed by atoms with E-state index in [-0.39, 0.29) is 4.90 Å². The van der Waals surface area contributed by atoms with Gasteiger partial charge in [-0.2, -0.15) is 5.26 Å². The zero-order valence-electron chi connectivity index (χ0n) is 12.2. The normalized spacial score (nSPS) is 17.5. The Labute approximate surface area is 126 Å². The largest absolute Gasteiger partial charge is 0.306 e. The van der Waals surface area contributed by atoms with Gasteiger partial charge in [0.05, 0.1) is 16.5 Å². The lowest BCUT2D eigenvalue weighted by molar-refractivity contribution is 0.213. The van der Waals surface area contributed by atoms with Crippen molar-refractivity contribution in [2.45, 2.75) is 24.2 Å². The van der Waals surface area contributed by atoms with Gasteiger partial charge in [-0.25, -0.2) is 13.1 Å². The molecule has 0 saturated carbocycles. The van der Waals surface area contributed by atoms with E-state index in [9.17, 15) is 8.42 Å². The molecular weight excluding hydrogens is 286 g/mol. The van der Waals surface area contributed by atoms with Crippen LogP contribution in [0.5, 0.6) is 0 Å². The molecule has 0 unspecified atom stereocenters. The summed E-state index contributed by atoms with van der Waals surface area (Å²) < 4.78 is 27.0. The third-order valence-corrected chi connectivity index (χ3v) is 5.41. The first-order valence-corrected chi connectivity index (χ1v) is 8.68. The van der Waals surface area contributed by atoms with Crippen LogP contribution in [-0.2, 0) is 10.0 Å². The summed E-state index contributed by atoms with van der Waals surface area (Å²) in [6, 6.07) is 8.05. The van der Waals surface area contributed by atoms with Crippen LogP contribution in [0.4, 0.5) is 0 Å². The summed E-state index contributed by atoms with van der Waals surface area (Å²) in [6.07, 6.45) is 3.12. The molecule has 0 amide bonds. The van der Waals surface area contributed by atoms with Crippen LogP contribution < -0.4 is 4.72 Å². The molecule has 2 rings (SSSR count). The first-order valence-electron chi connectivity index (χ1n) is 7.19. The van der Waals surface area contributed by atoms with Gasteiger partial charge in [0.2, 0.25) is 10.0 Å².